The summed E-state index contributed by atoms with van der Waals surface area (Å²) in [6.45, 7) is 0. The fraction of sp³-hybridized carbons (Fsp3) is 0. The van der Waals surface area contributed by atoms with Crippen LogP contribution in [0.25, 0.3) is 0 Å². The first kappa shape index (κ1) is 51.5. The standard InChI is InChI=1S/Al.Co.Cr.Ni.Ta.Y.3H. The maximum atomic E-state index is 0. The van der Waals surface area contributed by atoms with E-state index in [2.05, 4.69) is 0 Å². The van der Waals surface area contributed by atoms with Gasteiger partial charge in [0.15, 0.2) is 17.4 Å². The van der Waals surface area contributed by atoms with Gasteiger partial charge in [0.05, 0.1) is 0 Å². The van der Waals surface area contributed by atoms with Crippen molar-refractivity contribution < 1.29 is 106 Å². The van der Waals surface area contributed by atoms with Crippen LogP contribution in [0.4, 0.5) is 0 Å². The normalized spacial score (nSPS) is 0. The van der Waals surface area contributed by atoms with Crippen molar-refractivity contribution in [1.82, 2.24) is 0 Å². The van der Waals surface area contributed by atoms with Crippen LogP contribution in [0.15, 0.2) is 0 Å². The molecule has 6 heteroatoms. The van der Waals surface area contributed by atoms with Crippen molar-refractivity contribution >= 4 is 17.4 Å². The van der Waals surface area contributed by atoms with Gasteiger partial charge in [0.1, 0.15) is 0 Å². The molecule has 0 aliphatic rings. The van der Waals surface area contributed by atoms with Gasteiger partial charge in [-0.3, -0.25) is 0 Å². The smallest absolute Gasteiger partial charge is 0 e. The van der Waals surface area contributed by atoms with Crippen LogP contribution in [0, 0.1) is 0 Å². The van der Waals surface area contributed by atoms with E-state index in [1.165, 1.54) is 0 Å². The number of hydrogen-bond donors (Lipinski definition) is 0. The minimum absolute atomic E-state index is 0. The van der Waals surface area contributed by atoms with Crippen LogP contribution < -0.4 is 0 Å². The largest absolute Gasteiger partial charge is 0.187 e. The van der Waals surface area contributed by atoms with E-state index in [9.17, 15) is 0 Å². The fourth-order valence-electron chi connectivity index (χ4n) is 0. The molecule has 6 heavy (non-hydrogen) atoms. The molecule has 0 nitrogen and oxygen atoms in total. The minimum atomic E-state index is 0. The fourth-order valence-corrected chi connectivity index (χ4v) is 0. The van der Waals surface area contributed by atoms with E-state index >= 15 is 0 Å². The third kappa shape index (κ3) is 24.7. The molecule has 0 bridgehead atoms. The molecule has 0 aromatic heterocycles. The first-order valence-corrected chi connectivity index (χ1v) is 0. The Balaban J connectivity index is 0. The zero-order chi connectivity index (χ0) is 0. The van der Waals surface area contributed by atoms with Crippen molar-refractivity contribution in [1.29, 1.82) is 0 Å². The van der Waals surface area contributed by atoms with Crippen LogP contribution >= 0.6 is 0 Å². The first-order chi connectivity index (χ1) is 0. The third-order valence-corrected chi connectivity index (χ3v) is 0. The van der Waals surface area contributed by atoms with E-state index < -0.39 is 0 Å². The molecule has 0 aromatic carbocycles. The van der Waals surface area contributed by atoms with Crippen molar-refractivity contribution in [2.24, 2.45) is 0 Å². The molecule has 0 rings (SSSR count). The molecule has 0 saturated carbocycles. The Morgan fingerprint density at radius 3 is 1.00 bits per heavy atom. The maximum absolute atomic E-state index is 0. The van der Waals surface area contributed by atoms with E-state index in [0.717, 1.165) is 0 Å². The summed E-state index contributed by atoms with van der Waals surface area (Å²) < 4.78 is 0. The molecule has 0 amide bonds. The summed E-state index contributed by atoms with van der Waals surface area (Å²) in [5.41, 5.74) is 0. The van der Waals surface area contributed by atoms with Gasteiger partial charge in [-0.25, -0.2) is 0 Å². The van der Waals surface area contributed by atoms with Gasteiger partial charge in [0.2, 0.25) is 0 Å². The first-order valence-electron chi connectivity index (χ1n) is 0. The maximum Gasteiger partial charge on any atom is 0.187 e. The van der Waals surface area contributed by atoms with E-state index in [1.54, 1.807) is 0 Å². The summed E-state index contributed by atoms with van der Waals surface area (Å²) in [7, 11) is 0. The predicted octanol–water partition coefficient (Wildman–Crippen LogP) is -1.20. The Morgan fingerprint density at radius 2 is 1.00 bits per heavy atom. The van der Waals surface area contributed by atoms with Crippen LogP contribution in [-0.2, 0) is 106 Å². The van der Waals surface area contributed by atoms with E-state index in [0.29, 0.717) is 0 Å². The third-order valence-electron chi connectivity index (χ3n) is 0. The van der Waals surface area contributed by atoms with Crippen LogP contribution in [0.5, 0.6) is 0 Å². The molecule has 0 aliphatic carbocycles. The van der Waals surface area contributed by atoms with Crippen molar-refractivity contribution in [3.8, 4) is 0 Å². The Labute approximate surface area is 120 Å². The molecule has 0 unspecified atom stereocenters. The molecule has 0 aliphatic heterocycles. The topological polar surface area (TPSA) is 0 Å². The molecule has 0 N–H and O–H groups in total. The zero-order valence-corrected chi connectivity index (χ0v) is 11.4. The van der Waals surface area contributed by atoms with Crippen LogP contribution in [0.3, 0.4) is 0 Å². The Kier molecular flexibility index (Phi) is 313. The molecule has 3 radical (unpaired) electrons. The molecule has 0 aromatic rings. The van der Waals surface area contributed by atoms with Gasteiger partial charge < -0.3 is 0 Å². The molecular formula is H3AlCoCrNiTaY. The van der Waals surface area contributed by atoms with Gasteiger partial charge >= 0.3 is 0 Å². The summed E-state index contributed by atoms with van der Waals surface area (Å²) in [6, 6.07) is 0. The summed E-state index contributed by atoms with van der Waals surface area (Å²) >= 11 is 0. The van der Waals surface area contributed by atoms with Gasteiger partial charge in [0, 0.05) is 106 Å². The van der Waals surface area contributed by atoms with E-state index in [-0.39, 0.29) is 123 Å². The quantitative estimate of drug-likeness (QED) is 0.392. The molecule has 0 atom stereocenters. The van der Waals surface area contributed by atoms with E-state index in [4.69, 9.17) is 0 Å². The average Bonchev–Trinajstić information content (AvgIpc) is 0. The Hall–Kier alpha value is 3.91. The van der Waals surface area contributed by atoms with Crippen molar-refractivity contribution in [3.05, 3.63) is 0 Å². The summed E-state index contributed by atoms with van der Waals surface area (Å²) in [4.78, 5) is 0. The van der Waals surface area contributed by atoms with Gasteiger partial charge in [-0.05, 0) is 0 Å². The monoisotopic (exact) mass is 469 g/mol. The van der Waals surface area contributed by atoms with Crippen LogP contribution in [-0.4, -0.2) is 17.4 Å². The number of rotatable bonds is 0. The molecule has 0 spiro atoms. The minimum Gasteiger partial charge on any atom is 0 e. The van der Waals surface area contributed by atoms with Crippen LogP contribution in [0.2, 0.25) is 0 Å². The molecular weight excluding hydrogens is 466 g/mol. The molecule has 0 heterocycles. The Morgan fingerprint density at radius 1 is 1.00 bits per heavy atom. The summed E-state index contributed by atoms with van der Waals surface area (Å²) in [6.07, 6.45) is 0. The predicted molar refractivity (Wildman–Crippen MR) is 9.94 cm³/mol. The van der Waals surface area contributed by atoms with Gasteiger partial charge in [-0.2, -0.15) is 0 Å². The summed E-state index contributed by atoms with van der Waals surface area (Å²) in [5, 5.41) is 0. The average molecular weight is 469 g/mol. The Bertz CT molecular complexity index is 15.5. The second kappa shape index (κ2) is 36.5. The van der Waals surface area contributed by atoms with Gasteiger partial charge in [-0.1, -0.05) is 0 Å². The summed E-state index contributed by atoms with van der Waals surface area (Å²) in [5.74, 6) is 0. The molecule has 39 valence electrons. The van der Waals surface area contributed by atoms with Crippen molar-refractivity contribution in [2.75, 3.05) is 0 Å². The van der Waals surface area contributed by atoms with E-state index in [1.807, 2.05) is 0 Å². The second-order valence-corrected chi connectivity index (χ2v) is 0. The van der Waals surface area contributed by atoms with Crippen molar-refractivity contribution in [3.63, 3.8) is 0 Å². The van der Waals surface area contributed by atoms with Crippen molar-refractivity contribution in [2.45, 2.75) is 0 Å². The second-order valence-electron chi connectivity index (χ2n) is 0. The molecule has 0 saturated heterocycles. The van der Waals surface area contributed by atoms with Gasteiger partial charge in [-0.15, -0.1) is 0 Å². The number of hydrogen-bond acceptors (Lipinski definition) is 0. The SMILES string of the molecule is [AlH3].[Co].[Cr].[Ni].[Ta].[Y]. The molecule has 0 fully saturated rings. The van der Waals surface area contributed by atoms with Gasteiger partial charge in [0.25, 0.3) is 0 Å². The van der Waals surface area contributed by atoms with Crippen LogP contribution in [0.1, 0.15) is 0 Å². The zero-order valence-electron chi connectivity index (χ0n) is 2.08.